The second kappa shape index (κ2) is 6.44. The summed E-state index contributed by atoms with van der Waals surface area (Å²) in [5, 5.41) is 0. The van der Waals surface area contributed by atoms with Crippen LogP contribution in [0.3, 0.4) is 0 Å². The smallest absolute Gasteiger partial charge is 0.318 e. The Morgan fingerprint density at radius 1 is 0.840 bits per heavy atom. The van der Waals surface area contributed by atoms with E-state index in [0.29, 0.717) is 0 Å². The van der Waals surface area contributed by atoms with Crippen molar-refractivity contribution in [1.29, 1.82) is 0 Å². The number of para-hydroxylation sites is 2. The van der Waals surface area contributed by atoms with Gasteiger partial charge in [0.05, 0.1) is 0 Å². The van der Waals surface area contributed by atoms with Crippen LogP contribution in [0.25, 0.3) is 0 Å². The van der Waals surface area contributed by atoms with Crippen molar-refractivity contribution in [3.05, 3.63) is 95.6 Å². The van der Waals surface area contributed by atoms with Gasteiger partial charge in [-0.3, -0.25) is 4.79 Å². The molecule has 3 aromatic rings. The summed E-state index contributed by atoms with van der Waals surface area (Å²) < 4.78 is 5.66. The van der Waals surface area contributed by atoms with E-state index < -0.39 is 5.92 Å². The standard InChI is InChI=1S/C22H19NO2/c1-23-19-13-7-5-11-17(19)21(18-12-6-8-14-20(18)23)22(24)25-15-16-9-3-2-4-10-16/h2-14,21H,15H2,1H3. The fourth-order valence-corrected chi connectivity index (χ4v) is 3.44. The number of fused-ring (bicyclic) bond motifs is 2. The van der Waals surface area contributed by atoms with Crippen LogP contribution in [0, 0.1) is 0 Å². The molecule has 25 heavy (non-hydrogen) atoms. The first kappa shape index (κ1) is 15.5. The van der Waals surface area contributed by atoms with E-state index in [1.54, 1.807) is 0 Å². The van der Waals surface area contributed by atoms with Crippen molar-refractivity contribution >= 4 is 17.3 Å². The number of hydrogen-bond donors (Lipinski definition) is 0. The van der Waals surface area contributed by atoms with Crippen LogP contribution in [0.2, 0.25) is 0 Å². The molecule has 1 heterocycles. The molecule has 0 N–H and O–H groups in total. The summed E-state index contributed by atoms with van der Waals surface area (Å²) in [6.45, 7) is 0.288. The van der Waals surface area contributed by atoms with E-state index in [-0.39, 0.29) is 12.6 Å². The van der Waals surface area contributed by atoms with Crippen LogP contribution in [0.1, 0.15) is 22.6 Å². The van der Waals surface area contributed by atoms with E-state index in [4.69, 9.17) is 4.74 Å². The van der Waals surface area contributed by atoms with Gasteiger partial charge in [0.15, 0.2) is 0 Å². The third-order valence-corrected chi connectivity index (χ3v) is 4.68. The van der Waals surface area contributed by atoms with Gasteiger partial charge in [0.2, 0.25) is 0 Å². The Labute approximate surface area is 147 Å². The van der Waals surface area contributed by atoms with Gasteiger partial charge in [-0.25, -0.2) is 0 Å². The third-order valence-electron chi connectivity index (χ3n) is 4.68. The molecule has 3 heteroatoms. The van der Waals surface area contributed by atoms with Gasteiger partial charge in [-0.15, -0.1) is 0 Å². The maximum absolute atomic E-state index is 13.0. The van der Waals surface area contributed by atoms with Crippen LogP contribution in [0.5, 0.6) is 0 Å². The first-order valence-corrected chi connectivity index (χ1v) is 8.38. The summed E-state index contributed by atoms with van der Waals surface area (Å²) in [6.07, 6.45) is 0. The highest BCUT2D eigenvalue weighted by Gasteiger charge is 2.34. The molecular weight excluding hydrogens is 310 g/mol. The highest BCUT2D eigenvalue weighted by Crippen LogP contribution is 2.44. The Bertz CT molecular complexity index is 857. The summed E-state index contributed by atoms with van der Waals surface area (Å²) in [5.41, 5.74) is 5.06. The maximum atomic E-state index is 13.0. The minimum Gasteiger partial charge on any atom is -0.460 e. The van der Waals surface area contributed by atoms with Crippen LogP contribution in [-0.2, 0) is 16.1 Å². The molecule has 0 fully saturated rings. The lowest BCUT2D eigenvalue weighted by molar-refractivity contribution is -0.145. The molecule has 0 aromatic heterocycles. The van der Waals surface area contributed by atoms with Crippen LogP contribution in [0.4, 0.5) is 11.4 Å². The lowest BCUT2D eigenvalue weighted by Crippen LogP contribution is -2.27. The first-order chi connectivity index (χ1) is 12.3. The fraction of sp³-hybridized carbons (Fsp3) is 0.136. The Kier molecular flexibility index (Phi) is 3.98. The van der Waals surface area contributed by atoms with Gasteiger partial charge in [-0.2, -0.15) is 0 Å². The Balaban J connectivity index is 1.69. The number of anilines is 2. The van der Waals surface area contributed by atoms with Gasteiger partial charge in [0, 0.05) is 18.4 Å². The van der Waals surface area contributed by atoms with Gasteiger partial charge in [0.25, 0.3) is 0 Å². The lowest BCUT2D eigenvalue weighted by Gasteiger charge is -2.34. The largest absolute Gasteiger partial charge is 0.460 e. The molecule has 4 rings (SSSR count). The van der Waals surface area contributed by atoms with Crippen LogP contribution in [0.15, 0.2) is 78.9 Å². The molecule has 0 radical (unpaired) electrons. The fourth-order valence-electron chi connectivity index (χ4n) is 3.44. The minimum atomic E-state index is -0.396. The first-order valence-electron chi connectivity index (χ1n) is 8.38. The monoisotopic (exact) mass is 329 g/mol. The zero-order chi connectivity index (χ0) is 17.2. The molecule has 0 spiro atoms. The van der Waals surface area contributed by atoms with E-state index >= 15 is 0 Å². The van der Waals surface area contributed by atoms with Crippen molar-refractivity contribution in [3.63, 3.8) is 0 Å². The van der Waals surface area contributed by atoms with E-state index in [1.807, 2.05) is 85.9 Å². The number of benzene rings is 3. The molecule has 0 bridgehead atoms. The highest BCUT2D eigenvalue weighted by molar-refractivity contribution is 5.91. The SMILES string of the molecule is CN1c2ccccc2C(C(=O)OCc2ccccc2)c2ccccc21. The van der Waals surface area contributed by atoms with E-state index in [9.17, 15) is 4.79 Å². The molecule has 0 saturated carbocycles. The number of rotatable bonds is 3. The lowest BCUT2D eigenvalue weighted by atomic mass is 9.85. The molecule has 3 aromatic carbocycles. The van der Waals surface area contributed by atoms with E-state index in [0.717, 1.165) is 28.1 Å². The summed E-state index contributed by atoms with van der Waals surface area (Å²) in [5.74, 6) is -0.607. The van der Waals surface area contributed by atoms with Crippen molar-refractivity contribution in [3.8, 4) is 0 Å². The van der Waals surface area contributed by atoms with Gasteiger partial charge in [0.1, 0.15) is 12.5 Å². The van der Waals surface area contributed by atoms with E-state index in [2.05, 4.69) is 4.90 Å². The van der Waals surface area contributed by atoms with Gasteiger partial charge in [-0.05, 0) is 28.8 Å². The van der Waals surface area contributed by atoms with Gasteiger partial charge < -0.3 is 9.64 Å². The number of carbonyl (C=O) groups is 1. The molecule has 124 valence electrons. The predicted octanol–water partition coefficient (Wildman–Crippen LogP) is 4.64. The Morgan fingerprint density at radius 3 is 1.96 bits per heavy atom. The van der Waals surface area contributed by atoms with Crippen LogP contribution >= 0.6 is 0 Å². The second-order valence-electron chi connectivity index (χ2n) is 6.20. The average molecular weight is 329 g/mol. The molecule has 0 amide bonds. The summed E-state index contributed by atoms with van der Waals surface area (Å²) in [7, 11) is 2.03. The zero-order valence-electron chi connectivity index (χ0n) is 14.1. The molecular formula is C22H19NO2. The van der Waals surface area contributed by atoms with Gasteiger partial charge >= 0.3 is 5.97 Å². The molecule has 0 unspecified atom stereocenters. The maximum Gasteiger partial charge on any atom is 0.318 e. The Hall–Kier alpha value is -3.07. The molecule has 1 aliphatic heterocycles. The minimum absolute atomic E-state index is 0.211. The van der Waals surface area contributed by atoms with Crippen molar-refractivity contribution < 1.29 is 9.53 Å². The number of carbonyl (C=O) groups excluding carboxylic acids is 1. The number of nitrogens with zero attached hydrogens (tertiary/aromatic N) is 1. The van der Waals surface area contributed by atoms with Crippen molar-refractivity contribution in [2.75, 3.05) is 11.9 Å². The molecule has 1 aliphatic rings. The zero-order valence-corrected chi connectivity index (χ0v) is 14.1. The molecule has 0 aliphatic carbocycles. The van der Waals surface area contributed by atoms with Gasteiger partial charge in [-0.1, -0.05) is 66.7 Å². The van der Waals surface area contributed by atoms with E-state index in [1.165, 1.54) is 0 Å². The number of esters is 1. The second-order valence-corrected chi connectivity index (χ2v) is 6.20. The molecule has 3 nitrogen and oxygen atoms in total. The highest BCUT2D eigenvalue weighted by atomic mass is 16.5. The van der Waals surface area contributed by atoms with Crippen LogP contribution in [-0.4, -0.2) is 13.0 Å². The average Bonchev–Trinajstić information content (AvgIpc) is 2.67. The number of ether oxygens (including phenoxy) is 1. The summed E-state index contributed by atoms with van der Waals surface area (Å²) >= 11 is 0. The molecule has 0 atom stereocenters. The van der Waals surface area contributed by atoms with Crippen molar-refractivity contribution in [2.24, 2.45) is 0 Å². The quantitative estimate of drug-likeness (QED) is 0.656. The van der Waals surface area contributed by atoms with Crippen molar-refractivity contribution in [1.82, 2.24) is 0 Å². The normalized spacial score (nSPS) is 13.1. The van der Waals surface area contributed by atoms with Crippen molar-refractivity contribution in [2.45, 2.75) is 12.5 Å². The third kappa shape index (κ3) is 2.78. The Morgan fingerprint density at radius 2 is 1.36 bits per heavy atom. The summed E-state index contributed by atoms with van der Waals surface area (Å²) in [4.78, 5) is 15.1. The predicted molar refractivity (Wildman–Crippen MR) is 99.0 cm³/mol. The summed E-state index contributed by atoms with van der Waals surface area (Å²) in [6, 6.07) is 25.8. The van der Waals surface area contributed by atoms with Crippen LogP contribution < -0.4 is 4.90 Å². The molecule has 0 saturated heterocycles. The topological polar surface area (TPSA) is 29.5 Å². The number of hydrogen-bond acceptors (Lipinski definition) is 3.